The van der Waals surface area contributed by atoms with Crippen LogP contribution in [-0.4, -0.2) is 60.3 Å². The summed E-state index contributed by atoms with van der Waals surface area (Å²) in [5.74, 6) is 0. The number of hydrogen-bond acceptors (Lipinski definition) is 3. The van der Waals surface area contributed by atoms with E-state index >= 15 is 0 Å². The number of benzene rings is 1. The molecule has 0 radical (unpaired) electrons. The van der Waals surface area contributed by atoms with Gasteiger partial charge in [0.2, 0.25) is 0 Å². The molecule has 2 aliphatic heterocycles. The second kappa shape index (κ2) is 10.4. The third kappa shape index (κ3) is 6.19. The molecular weight excluding hydrogens is 362 g/mol. The Labute approximate surface area is 175 Å². The maximum Gasteiger partial charge on any atom is 0.317 e. The molecule has 5 nitrogen and oxygen atoms in total. The summed E-state index contributed by atoms with van der Waals surface area (Å²) in [6.45, 7) is 4.93. The van der Waals surface area contributed by atoms with Crippen LogP contribution in [0.4, 0.5) is 4.79 Å². The molecule has 29 heavy (non-hydrogen) atoms. The van der Waals surface area contributed by atoms with Gasteiger partial charge in [-0.2, -0.15) is 0 Å². The van der Waals surface area contributed by atoms with E-state index in [9.17, 15) is 4.79 Å². The lowest BCUT2D eigenvalue weighted by Gasteiger charge is -2.37. The zero-order valence-electron chi connectivity index (χ0n) is 17.7. The van der Waals surface area contributed by atoms with Crippen molar-refractivity contribution in [2.75, 3.05) is 26.2 Å². The fourth-order valence-corrected chi connectivity index (χ4v) is 5.03. The van der Waals surface area contributed by atoms with Gasteiger partial charge in [0.1, 0.15) is 0 Å². The monoisotopic (exact) mass is 399 g/mol. The summed E-state index contributed by atoms with van der Waals surface area (Å²) in [7, 11) is 0. The number of nitrogens with zero attached hydrogens (tertiary/aromatic N) is 2. The van der Waals surface area contributed by atoms with Crippen molar-refractivity contribution in [3.63, 3.8) is 0 Å². The lowest BCUT2D eigenvalue weighted by Crippen LogP contribution is -2.49. The van der Waals surface area contributed by atoms with Crippen LogP contribution in [0.1, 0.15) is 63.4 Å². The zero-order valence-corrected chi connectivity index (χ0v) is 17.7. The third-order valence-corrected chi connectivity index (χ3v) is 6.83. The maximum atomic E-state index is 12.5. The van der Waals surface area contributed by atoms with E-state index in [0.29, 0.717) is 18.2 Å². The van der Waals surface area contributed by atoms with Crippen molar-refractivity contribution in [2.24, 2.45) is 0 Å². The van der Waals surface area contributed by atoms with E-state index < -0.39 is 0 Å². The molecule has 1 aliphatic carbocycles. The Morgan fingerprint density at radius 2 is 1.48 bits per heavy atom. The molecule has 2 saturated heterocycles. The van der Waals surface area contributed by atoms with Crippen LogP contribution in [0, 0.1) is 0 Å². The zero-order chi connectivity index (χ0) is 19.9. The molecular formula is C24H37N3O2. The highest BCUT2D eigenvalue weighted by atomic mass is 16.5. The molecule has 1 N–H and O–H groups in total. The Hall–Kier alpha value is -1.59. The summed E-state index contributed by atoms with van der Waals surface area (Å²) in [4.78, 5) is 17.0. The van der Waals surface area contributed by atoms with Crippen LogP contribution in [0.15, 0.2) is 30.3 Å². The molecule has 1 saturated carbocycles. The number of hydrogen-bond donors (Lipinski definition) is 1. The quantitative estimate of drug-likeness (QED) is 0.808. The summed E-state index contributed by atoms with van der Waals surface area (Å²) >= 11 is 0. The molecule has 3 fully saturated rings. The highest BCUT2D eigenvalue weighted by Gasteiger charge is 2.28. The van der Waals surface area contributed by atoms with Crippen LogP contribution in [0.2, 0.25) is 0 Å². The summed E-state index contributed by atoms with van der Waals surface area (Å²) in [6, 6.07) is 11.3. The van der Waals surface area contributed by atoms with Crippen LogP contribution < -0.4 is 5.32 Å². The number of urea groups is 1. The molecule has 5 heteroatoms. The van der Waals surface area contributed by atoms with Gasteiger partial charge in [0.05, 0.1) is 12.2 Å². The predicted molar refractivity (Wildman–Crippen MR) is 116 cm³/mol. The lowest BCUT2D eigenvalue weighted by atomic mass is 9.96. The topological polar surface area (TPSA) is 44.8 Å². The number of carbonyl (C=O) groups is 1. The summed E-state index contributed by atoms with van der Waals surface area (Å²) in [5, 5.41) is 3.25. The van der Waals surface area contributed by atoms with E-state index in [4.69, 9.17) is 4.74 Å². The predicted octanol–water partition coefficient (Wildman–Crippen LogP) is 4.17. The van der Waals surface area contributed by atoms with Gasteiger partial charge in [0, 0.05) is 38.8 Å². The number of piperidine rings is 2. The fraction of sp³-hybridized carbons (Fsp3) is 0.708. The number of ether oxygens (including phenoxy) is 1. The molecule has 0 unspecified atom stereocenters. The van der Waals surface area contributed by atoms with Gasteiger partial charge in [-0.3, -0.25) is 4.90 Å². The Morgan fingerprint density at radius 1 is 0.862 bits per heavy atom. The van der Waals surface area contributed by atoms with Gasteiger partial charge in [-0.15, -0.1) is 0 Å². The standard InChI is InChI=1S/C24H37N3O2/c28-24(25-21-9-5-2-6-10-21)27-17-13-23(14-18-27)29-22-11-15-26(16-12-22)19-20-7-3-1-4-8-20/h1,3-4,7-8,21-23H,2,5-6,9-19H2,(H,25,28). The highest BCUT2D eigenvalue weighted by Crippen LogP contribution is 2.23. The van der Waals surface area contributed by atoms with E-state index in [-0.39, 0.29) is 6.03 Å². The molecule has 2 amide bonds. The minimum atomic E-state index is 0.143. The largest absolute Gasteiger partial charge is 0.375 e. The van der Waals surface area contributed by atoms with Gasteiger partial charge in [-0.05, 0) is 44.1 Å². The van der Waals surface area contributed by atoms with Crippen LogP contribution >= 0.6 is 0 Å². The molecule has 3 aliphatic rings. The van der Waals surface area contributed by atoms with Gasteiger partial charge < -0.3 is 15.0 Å². The van der Waals surface area contributed by atoms with Crippen molar-refractivity contribution >= 4 is 6.03 Å². The number of amides is 2. The van der Waals surface area contributed by atoms with Crippen molar-refractivity contribution in [2.45, 2.75) is 82.6 Å². The first-order valence-electron chi connectivity index (χ1n) is 11.7. The van der Waals surface area contributed by atoms with E-state index in [1.807, 2.05) is 4.90 Å². The van der Waals surface area contributed by atoms with E-state index in [2.05, 4.69) is 40.5 Å². The van der Waals surface area contributed by atoms with Gasteiger partial charge >= 0.3 is 6.03 Å². The Morgan fingerprint density at radius 3 is 2.14 bits per heavy atom. The molecule has 0 atom stereocenters. The number of likely N-dealkylation sites (tertiary alicyclic amines) is 2. The summed E-state index contributed by atoms with van der Waals surface area (Å²) in [5.41, 5.74) is 1.39. The van der Waals surface area contributed by atoms with Gasteiger partial charge in [-0.25, -0.2) is 4.79 Å². The average Bonchev–Trinajstić information content (AvgIpc) is 2.77. The molecule has 1 aromatic rings. The van der Waals surface area contributed by atoms with Gasteiger partial charge in [0.15, 0.2) is 0 Å². The van der Waals surface area contributed by atoms with Crippen LogP contribution in [-0.2, 0) is 11.3 Å². The molecule has 0 bridgehead atoms. The number of rotatable bonds is 5. The Balaban J connectivity index is 1.13. The lowest BCUT2D eigenvalue weighted by molar-refractivity contribution is -0.0620. The molecule has 4 rings (SSSR count). The first kappa shape index (κ1) is 20.7. The van der Waals surface area contributed by atoms with Crippen LogP contribution in [0.5, 0.6) is 0 Å². The molecule has 0 spiro atoms. The smallest absolute Gasteiger partial charge is 0.317 e. The second-order valence-electron chi connectivity index (χ2n) is 9.07. The van der Waals surface area contributed by atoms with Gasteiger partial charge in [-0.1, -0.05) is 49.6 Å². The van der Waals surface area contributed by atoms with E-state index in [1.54, 1.807) is 0 Å². The Bertz CT molecular complexity index is 616. The average molecular weight is 400 g/mol. The van der Waals surface area contributed by atoms with Crippen molar-refractivity contribution in [3.05, 3.63) is 35.9 Å². The van der Waals surface area contributed by atoms with Crippen molar-refractivity contribution in [1.29, 1.82) is 0 Å². The second-order valence-corrected chi connectivity index (χ2v) is 9.07. The highest BCUT2D eigenvalue weighted by molar-refractivity contribution is 5.74. The SMILES string of the molecule is O=C(NC1CCCCC1)N1CCC(OC2CCN(Cc3ccccc3)CC2)CC1. The summed E-state index contributed by atoms with van der Waals surface area (Å²) in [6.07, 6.45) is 11.0. The van der Waals surface area contributed by atoms with Crippen LogP contribution in [0.25, 0.3) is 0 Å². The maximum absolute atomic E-state index is 12.5. The number of nitrogens with one attached hydrogen (secondary N) is 1. The molecule has 1 aromatic carbocycles. The molecule has 0 aromatic heterocycles. The third-order valence-electron chi connectivity index (χ3n) is 6.83. The first-order valence-corrected chi connectivity index (χ1v) is 11.7. The normalized spacial score (nSPS) is 23.2. The van der Waals surface area contributed by atoms with Crippen molar-refractivity contribution in [3.8, 4) is 0 Å². The van der Waals surface area contributed by atoms with E-state index in [0.717, 1.165) is 71.2 Å². The van der Waals surface area contributed by atoms with E-state index in [1.165, 1.54) is 24.8 Å². The number of carbonyl (C=O) groups excluding carboxylic acids is 1. The minimum Gasteiger partial charge on any atom is -0.375 e. The fourth-order valence-electron chi connectivity index (χ4n) is 5.03. The van der Waals surface area contributed by atoms with Crippen molar-refractivity contribution in [1.82, 2.24) is 15.1 Å². The minimum absolute atomic E-state index is 0.143. The Kier molecular flexibility index (Phi) is 7.44. The summed E-state index contributed by atoms with van der Waals surface area (Å²) < 4.78 is 6.42. The van der Waals surface area contributed by atoms with Gasteiger partial charge in [0.25, 0.3) is 0 Å². The van der Waals surface area contributed by atoms with Crippen molar-refractivity contribution < 1.29 is 9.53 Å². The molecule has 160 valence electrons. The van der Waals surface area contributed by atoms with Crippen LogP contribution in [0.3, 0.4) is 0 Å². The first-order chi connectivity index (χ1) is 14.3. The molecule has 2 heterocycles.